The summed E-state index contributed by atoms with van der Waals surface area (Å²) in [5, 5.41) is 3.59. The third-order valence-electron chi connectivity index (χ3n) is 7.56. The van der Waals surface area contributed by atoms with E-state index < -0.39 is 16.9 Å². The van der Waals surface area contributed by atoms with Gasteiger partial charge in [-0.05, 0) is 66.2 Å². The van der Waals surface area contributed by atoms with Crippen LogP contribution in [0.15, 0.2) is 0 Å². The van der Waals surface area contributed by atoms with Crippen LogP contribution in [0.3, 0.4) is 0 Å². The summed E-state index contributed by atoms with van der Waals surface area (Å²) in [5.74, 6) is 0.978. The van der Waals surface area contributed by atoms with Crippen molar-refractivity contribution in [1.82, 2.24) is 15.1 Å². The Bertz CT molecular complexity index is 826. The number of nitrogens with zero attached hydrogens (tertiary/aromatic N) is 2. The first-order chi connectivity index (χ1) is 16.3. The minimum absolute atomic E-state index is 0.150. The molecule has 0 bridgehead atoms. The van der Waals surface area contributed by atoms with Crippen LogP contribution in [0.2, 0.25) is 0 Å². The number of nitrogens with one attached hydrogen (secondary N) is 1. The van der Waals surface area contributed by atoms with E-state index in [0.717, 1.165) is 25.8 Å². The normalized spacial score (nSPS) is 33.7. The molecule has 0 aromatic heterocycles. The van der Waals surface area contributed by atoms with Crippen LogP contribution >= 0.6 is 0 Å². The number of carbonyl (C=O) groups excluding carboxylic acids is 3. The van der Waals surface area contributed by atoms with E-state index in [1.165, 1.54) is 0 Å². The molecule has 3 saturated heterocycles. The van der Waals surface area contributed by atoms with Crippen molar-refractivity contribution in [2.75, 3.05) is 39.3 Å². The number of piperidine rings is 2. The number of carbonyl (C=O) groups is 3. The van der Waals surface area contributed by atoms with Crippen molar-refractivity contribution >= 4 is 18.0 Å². The summed E-state index contributed by atoms with van der Waals surface area (Å²) in [4.78, 5) is 41.6. The molecule has 4 fully saturated rings. The van der Waals surface area contributed by atoms with E-state index in [1.807, 2.05) is 46.4 Å². The molecule has 9 heteroatoms. The zero-order valence-corrected chi connectivity index (χ0v) is 22.2. The first kappa shape index (κ1) is 26.2. The van der Waals surface area contributed by atoms with Gasteiger partial charge in [0, 0.05) is 57.4 Å². The number of ether oxygens (including phenoxy) is 3. The van der Waals surface area contributed by atoms with Crippen molar-refractivity contribution in [2.45, 2.75) is 84.2 Å². The minimum Gasteiger partial charge on any atom is -0.444 e. The predicted molar refractivity (Wildman–Crippen MR) is 130 cm³/mol. The van der Waals surface area contributed by atoms with E-state index in [1.54, 1.807) is 4.90 Å². The van der Waals surface area contributed by atoms with Gasteiger partial charge in [0.2, 0.25) is 0 Å². The molecule has 198 valence electrons. The van der Waals surface area contributed by atoms with Gasteiger partial charge >= 0.3 is 12.2 Å². The van der Waals surface area contributed by atoms with Crippen LogP contribution in [-0.4, -0.2) is 84.0 Å². The average Bonchev–Trinajstić information content (AvgIpc) is 3.33. The Hall–Kier alpha value is -1.87. The molecule has 4 aliphatic rings. The third kappa shape index (κ3) is 6.28. The topological polar surface area (TPSA) is 97.4 Å². The predicted octanol–water partition coefficient (Wildman–Crippen LogP) is 3.41. The van der Waals surface area contributed by atoms with Crippen LogP contribution in [0.25, 0.3) is 0 Å². The van der Waals surface area contributed by atoms with Crippen LogP contribution in [0.4, 0.5) is 9.59 Å². The Morgan fingerprint density at radius 2 is 1.66 bits per heavy atom. The summed E-state index contributed by atoms with van der Waals surface area (Å²) in [6, 6.07) is 0. The van der Waals surface area contributed by atoms with Crippen LogP contribution in [0, 0.1) is 23.7 Å². The summed E-state index contributed by atoms with van der Waals surface area (Å²) < 4.78 is 17.4. The van der Waals surface area contributed by atoms with Gasteiger partial charge in [-0.3, -0.25) is 10.1 Å². The first-order valence-corrected chi connectivity index (χ1v) is 13.1. The van der Waals surface area contributed by atoms with Gasteiger partial charge in [-0.1, -0.05) is 0 Å². The Balaban J connectivity index is 1.39. The molecule has 4 rings (SSSR count). The monoisotopic (exact) mass is 493 g/mol. The molecule has 0 radical (unpaired) electrons. The molecule has 35 heavy (non-hydrogen) atoms. The van der Waals surface area contributed by atoms with Crippen molar-refractivity contribution < 1.29 is 28.6 Å². The highest BCUT2D eigenvalue weighted by molar-refractivity contribution is 5.84. The number of amides is 2. The lowest BCUT2D eigenvalue weighted by Crippen LogP contribution is -2.60. The smallest absolute Gasteiger partial charge is 0.410 e. The number of likely N-dealkylation sites (tertiary alicyclic amines) is 2. The molecule has 4 unspecified atom stereocenters. The molecule has 2 amide bonds. The van der Waals surface area contributed by atoms with Gasteiger partial charge in [0.15, 0.2) is 0 Å². The number of ketones is 1. The lowest BCUT2D eigenvalue weighted by molar-refractivity contribution is -0.126. The SMILES string of the molecule is CC(C)(C)OC(=O)N1CCC(=O)C(CC2C[C@@H]2C2CN(C(=O)OC(C)(C)C)CCC23NCCO3)C1. The molecule has 3 aliphatic heterocycles. The summed E-state index contributed by atoms with van der Waals surface area (Å²) in [6.45, 7) is 14.7. The fourth-order valence-corrected chi connectivity index (χ4v) is 5.89. The van der Waals surface area contributed by atoms with Gasteiger partial charge < -0.3 is 24.0 Å². The number of hydrogen-bond donors (Lipinski definition) is 1. The molecular formula is C26H43N3O6. The van der Waals surface area contributed by atoms with Crippen molar-refractivity contribution in [3.05, 3.63) is 0 Å². The highest BCUT2D eigenvalue weighted by Gasteiger charge is 2.57. The summed E-state index contributed by atoms with van der Waals surface area (Å²) >= 11 is 0. The molecule has 0 aromatic rings. The van der Waals surface area contributed by atoms with Gasteiger partial charge in [0.25, 0.3) is 0 Å². The fraction of sp³-hybridized carbons (Fsp3) is 0.885. The summed E-state index contributed by atoms with van der Waals surface area (Å²) in [6.07, 6.45) is 2.27. The molecule has 1 spiro atoms. The van der Waals surface area contributed by atoms with Crippen molar-refractivity contribution in [3.8, 4) is 0 Å². The van der Waals surface area contributed by atoms with Crippen molar-refractivity contribution in [1.29, 1.82) is 0 Å². The van der Waals surface area contributed by atoms with Gasteiger partial charge in [-0.25, -0.2) is 9.59 Å². The second-order valence-electron chi connectivity index (χ2n) is 12.7. The number of rotatable bonds is 3. The van der Waals surface area contributed by atoms with E-state index in [4.69, 9.17) is 14.2 Å². The fourth-order valence-electron chi connectivity index (χ4n) is 5.89. The molecule has 1 N–H and O–H groups in total. The van der Waals surface area contributed by atoms with Crippen molar-refractivity contribution in [3.63, 3.8) is 0 Å². The van der Waals surface area contributed by atoms with E-state index in [0.29, 0.717) is 51.0 Å². The van der Waals surface area contributed by atoms with E-state index in [2.05, 4.69) is 5.32 Å². The lowest BCUT2D eigenvalue weighted by Gasteiger charge is -2.45. The lowest BCUT2D eigenvalue weighted by atomic mass is 9.82. The van der Waals surface area contributed by atoms with E-state index in [-0.39, 0.29) is 29.8 Å². The Morgan fingerprint density at radius 1 is 1.03 bits per heavy atom. The quantitative estimate of drug-likeness (QED) is 0.643. The first-order valence-electron chi connectivity index (χ1n) is 13.1. The Morgan fingerprint density at radius 3 is 2.23 bits per heavy atom. The summed E-state index contributed by atoms with van der Waals surface area (Å²) in [7, 11) is 0. The number of hydrogen-bond acceptors (Lipinski definition) is 7. The molecule has 3 heterocycles. The second kappa shape index (κ2) is 9.54. The zero-order valence-electron chi connectivity index (χ0n) is 22.2. The Labute approximate surface area is 209 Å². The maximum Gasteiger partial charge on any atom is 0.410 e. The minimum atomic E-state index is -0.556. The molecule has 5 atom stereocenters. The van der Waals surface area contributed by atoms with Gasteiger partial charge in [0.1, 0.15) is 22.7 Å². The third-order valence-corrected chi connectivity index (χ3v) is 7.56. The van der Waals surface area contributed by atoms with Crippen LogP contribution in [0.1, 0.15) is 67.2 Å². The van der Waals surface area contributed by atoms with Crippen LogP contribution < -0.4 is 5.32 Å². The molecule has 9 nitrogen and oxygen atoms in total. The van der Waals surface area contributed by atoms with Gasteiger partial charge in [-0.2, -0.15) is 0 Å². The summed E-state index contributed by atoms with van der Waals surface area (Å²) in [5.41, 5.74) is -1.50. The van der Waals surface area contributed by atoms with Crippen molar-refractivity contribution in [2.24, 2.45) is 23.7 Å². The molecule has 0 aromatic carbocycles. The molecule has 1 aliphatic carbocycles. The van der Waals surface area contributed by atoms with E-state index >= 15 is 0 Å². The largest absolute Gasteiger partial charge is 0.444 e. The second-order valence-corrected chi connectivity index (χ2v) is 12.7. The van der Waals surface area contributed by atoms with Crippen LogP contribution in [-0.2, 0) is 19.0 Å². The van der Waals surface area contributed by atoms with Gasteiger partial charge in [0.05, 0.1) is 6.61 Å². The molecular weight excluding hydrogens is 450 g/mol. The average molecular weight is 494 g/mol. The maximum atomic E-state index is 12.8. The maximum absolute atomic E-state index is 12.8. The number of Topliss-reactive ketones (excluding diaryl/α,β-unsaturated/α-hetero) is 1. The van der Waals surface area contributed by atoms with Gasteiger partial charge in [-0.15, -0.1) is 0 Å². The highest BCUT2D eigenvalue weighted by Crippen LogP contribution is 2.54. The standard InChI is InChI=1S/C26H43N3O6/c1-24(2,3)34-22(31)28-10-7-21(30)18(15-28)13-17-14-19(17)20-16-29(23(32)35-25(4,5)6)11-8-26(20)27-9-12-33-26/h17-20,27H,7-16H2,1-6H3/t17?,18?,19-,20?,26?/m0/s1. The zero-order chi connectivity index (χ0) is 25.6. The highest BCUT2D eigenvalue weighted by atomic mass is 16.6. The molecule has 1 saturated carbocycles. The van der Waals surface area contributed by atoms with E-state index in [9.17, 15) is 14.4 Å². The van der Waals surface area contributed by atoms with Crippen LogP contribution in [0.5, 0.6) is 0 Å². The Kier molecular flexibility index (Phi) is 7.14.